The van der Waals surface area contributed by atoms with Crippen LogP contribution in [-0.2, 0) is 26.2 Å². The molecule has 2 aliphatic rings. The van der Waals surface area contributed by atoms with Crippen molar-refractivity contribution in [3.63, 3.8) is 0 Å². The normalized spacial score (nSPS) is 15.5. The monoisotopic (exact) mass is 670 g/mol. The summed E-state index contributed by atoms with van der Waals surface area (Å²) in [7, 11) is 0. The Morgan fingerprint density at radius 1 is 0.674 bits per heavy atom. The second-order valence-corrected chi connectivity index (χ2v) is 18.9. The van der Waals surface area contributed by atoms with Crippen LogP contribution < -0.4 is 18.4 Å². The Labute approximate surface area is 262 Å². The average molecular weight is 671 g/mol. The number of carbonyl (C=O) groups is 2. The number of benzene rings is 2. The van der Waals surface area contributed by atoms with Crippen molar-refractivity contribution in [1.82, 2.24) is 0 Å². The van der Waals surface area contributed by atoms with Gasteiger partial charge in [-0.2, -0.15) is 0 Å². The van der Waals surface area contributed by atoms with E-state index in [0.29, 0.717) is 0 Å². The molecule has 0 aliphatic heterocycles. The number of allylic oxidation sites excluding steroid dienone is 8. The number of halogens is 6. The van der Waals surface area contributed by atoms with Crippen LogP contribution in [0.4, 0.5) is 28.9 Å². The number of carbonyl (C=O) groups excluding carboxylic acids is 2. The van der Waals surface area contributed by atoms with E-state index in [1.807, 2.05) is 0 Å². The van der Waals surface area contributed by atoms with Crippen molar-refractivity contribution in [3.8, 4) is 0 Å². The van der Waals surface area contributed by atoms with E-state index in [1.54, 1.807) is 76.3 Å². The Morgan fingerprint density at radius 2 is 1.00 bits per heavy atom. The Kier molecular flexibility index (Phi) is 9.87. The third-order valence-electron chi connectivity index (χ3n) is 7.95. The number of amides is 2. The predicted molar refractivity (Wildman–Crippen MR) is 162 cm³/mol. The molecule has 11 heteroatoms. The summed E-state index contributed by atoms with van der Waals surface area (Å²) in [6.45, 7) is 6.27. The molecule has 0 saturated heterocycles. The van der Waals surface area contributed by atoms with Crippen LogP contribution in [0.15, 0.2) is 72.9 Å². The molecule has 0 fully saturated rings. The number of rotatable bonds is 10. The summed E-state index contributed by atoms with van der Waals surface area (Å²) in [6.07, 6.45) is 13.4. The molecule has 4 rings (SSSR count). The van der Waals surface area contributed by atoms with Gasteiger partial charge in [-0.3, -0.25) is 0 Å². The second kappa shape index (κ2) is 12.8. The third-order valence-corrected chi connectivity index (χ3v) is 17.8. The summed E-state index contributed by atoms with van der Waals surface area (Å²) >= 11 is 6.76. The van der Waals surface area contributed by atoms with Crippen molar-refractivity contribution < 1.29 is 43.7 Å². The average Bonchev–Trinajstić information content (AvgIpc) is 3.70. The van der Waals surface area contributed by atoms with Crippen molar-refractivity contribution in [3.05, 3.63) is 96.1 Å². The van der Waals surface area contributed by atoms with E-state index in [9.17, 15) is 9.59 Å². The molecule has 228 valence electrons. The van der Waals surface area contributed by atoms with Gasteiger partial charge in [-0.25, -0.2) is 0 Å². The fourth-order valence-corrected chi connectivity index (χ4v) is 14.3. The SMILES string of the molecule is CC(C)(CCl)C(=O)Nc1ccc(F)[c]([Ti]([c]2c(F)ccc(NC(=O)C(C)(C)CCl)c2F)([CH]2C=CC=C2)[CH]2C=CC=C2)c1F. The third kappa shape index (κ3) is 6.04. The first-order valence-corrected chi connectivity index (χ1v) is 18.1. The molecule has 2 aromatic rings. The van der Waals surface area contributed by atoms with E-state index < -0.39 is 78.7 Å². The van der Waals surface area contributed by atoms with Gasteiger partial charge < -0.3 is 0 Å². The molecule has 0 radical (unpaired) electrons. The van der Waals surface area contributed by atoms with Crippen LogP contribution in [0.1, 0.15) is 27.7 Å². The van der Waals surface area contributed by atoms with E-state index >= 15 is 17.6 Å². The minimum atomic E-state index is -5.12. The zero-order valence-corrected chi connectivity index (χ0v) is 27.2. The van der Waals surface area contributed by atoms with Gasteiger partial charge in [0.2, 0.25) is 0 Å². The molecule has 43 heavy (non-hydrogen) atoms. The number of hydrogen-bond acceptors (Lipinski definition) is 2. The molecule has 0 spiro atoms. The van der Waals surface area contributed by atoms with Gasteiger partial charge in [0.15, 0.2) is 0 Å². The molecule has 2 amide bonds. The maximum atomic E-state index is 16.8. The van der Waals surface area contributed by atoms with Crippen LogP contribution in [0.2, 0.25) is 8.45 Å². The molecular weight excluding hydrogens is 639 g/mol. The van der Waals surface area contributed by atoms with E-state index in [-0.39, 0.29) is 23.1 Å². The molecule has 0 heterocycles. The van der Waals surface area contributed by atoms with E-state index in [4.69, 9.17) is 23.2 Å². The van der Waals surface area contributed by atoms with Gasteiger partial charge in [0, 0.05) is 0 Å². The summed E-state index contributed by atoms with van der Waals surface area (Å²) < 4.78 is 63.5. The zero-order chi connectivity index (χ0) is 31.7. The van der Waals surface area contributed by atoms with Gasteiger partial charge in [-0.15, -0.1) is 0 Å². The van der Waals surface area contributed by atoms with E-state index in [1.165, 1.54) is 0 Å². The van der Waals surface area contributed by atoms with Crippen LogP contribution in [0, 0.1) is 34.1 Å². The quantitative estimate of drug-likeness (QED) is 0.156. The molecule has 0 unspecified atom stereocenters. The maximum absolute atomic E-state index is 16.8. The molecule has 2 aromatic carbocycles. The first-order chi connectivity index (χ1) is 20.2. The Bertz CT molecular complexity index is 1430. The number of nitrogens with one attached hydrogen (secondary N) is 2. The Balaban J connectivity index is 2.06. The summed E-state index contributed by atoms with van der Waals surface area (Å²) in [6, 6.07) is 4.16. The Hall–Kier alpha value is -2.65. The van der Waals surface area contributed by atoms with Crippen LogP contribution >= 0.6 is 23.2 Å². The number of hydrogen-bond donors (Lipinski definition) is 2. The van der Waals surface area contributed by atoms with Crippen molar-refractivity contribution in [2.24, 2.45) is 10.8 Å². The van der Waals surface area contributed by atoms with Crippen LogP contribution in [0.25, 0.3) is 0 Å². The summed E-state index contributed by atoms with van der Waals surface area (Å²) in [5.41, 5.74) is -2.84. The molecule has 0 bridgehead atoms. The number of anilines is 2. The molecule has 2 N–H and O–H groups in total. The molecular formula is C32H32Cl2F4N2O2Ti. The summed E-state index contributed by atoms with van der Waals surface area (Å²) in [5, 5.41) is 5.00. The molecule has 2 aliphatic carbocycles. The number of alkyl halides is 2. The van der Waals surface area contributed by atoms with E-state index in [0.717, 1.165) is 24.3 Å². The van der Waals surface area contributed by atoms with Gasteiger partial charge in [-0.1, -0.05) is 0 Å². The van der Waals surface area contributed by atoms with Gasteiger partial charge in [-0.05, 0) is 0 Å². The topological polar surface area (TPSA) is 58.2 Å². The Morgan fingerprint density at radius 3 is 1.30 bits per heavy atom. The minimum absolute atomic E-state index is 0.0684. The van der Waals surface area contributed by atoms with Crippen LogP contribution in [-0.4, -0.2) is 23.6 Å². The van der Waals surface area contributed by atoms with Crippen molar-refractivity contribution in [1.29, 1.82) is 0 Å². The van der Waals surface area contributed by atoms with E-state index in [2.05, 4.69) is 10.6 Å². The first-order valence-electron chi connectivity index (χ1n) is 13.6. The van der Waals surface area contributed by atoms with Gasteiger partial charge >= 0.3 is 263 Å². The first kappa shape index (κ1) is 33.3. The van der Waals surface area contributed by atoms with Crippen molar-refractivity contribution in [2.75, 3.05) is 22.4 Å². The standard InChI is InChI=1S/2C11H11ClF2NO.2C5H5.Ti/c2*1-11(2,6-12)10(16)15-9-4-3-7(13)5-8(9)14;2*1-2-4-5-3-1;/h2*3-4H,6H2,1-2H3,(H,15,16);2*1-5H;. The molecule has 4 nitrogen and oxygen atoms in total. The van der Waals surface area contributed by atoms with Crippen molar-refractivity contribution in [2.45, 2.75) is 36.1 Å². The van der Waals surface area contributed by atoms with Crippen LogP contribution in [0.5, 0.6) is 0 Å². The van der Waals surface area contributed by atoms with Crippen LogP contribution in [0.3, 0.4) is 0 Å². The zero-order valence-electron chi connectivity index (χ0n) is 24.1. The molecule has 0 aromatic heterocycles. The van der Waals surface area contributed by atoms with Crippen molar-refractivity contribution >= 4 is 54.1 Å². The fraction of sp³-hybridized carbons (Fsp3) is 0.312. The molecule has 0 saturated carbocycles. The summed E-state index contributed by atoms with van der Waals surface area (Å²) in [4.78, 5) is 25.9. The summed E-state index contributed by atoms with van der Waals surface area (Å²) in [5.74, 6) is -5.57. The van der Waals surface area contributed by atoms with Gasteiger partial charge in [0.1, 0.15) is 0 Å². The second-order valence-electron chi connectivity index (χ2n) is 12.0. The predicted octanol–water partition coefficient (Wildman–Crippen LogP) is 7.58. The fourth-order valence-electron chi connectivity index (χ4n) is 5.25. The molecule has 0 atom stereocenters. The van der Waals surface area contributed by atoms with Gasteiger partial charge in [0.25, 0.3) is 0 Å². The van der Waals surface area contributed by atoms with Gasteiger partial charge in [0.05, 0.1) is 0 Å².